The van der Waals surface area contributed by atoms with Crippen LogP contribution in [0.1, 0.15) is 49.8 Å². The van der Waals surface area contributed by atoms with Crippen LogP contribution in [0.3, 0.4) is 0 Å². The first-order valence-corrected chi connectivity index (χ1v) is 11.2. The summed E-state index contributed by atoms with van der Waals surface area (Å²) >= 11 is 1.47. The maximum atomic E-state index is 13.1. The van der Waals surface area contributed by atoms with E-state index in [9.17, 15) is 9.59 Å². The summed E-state index contributed by atoms with van der Waals surface area (Å²) in [5.74, 6) is 0.301. The molecule has 0 N–H and O–H groups in total. The SMILES string of the molecule is O=C1CCCN1c1nc(CC(=O)N(CCc2ccccc2)C2CCCC2)cs1. The Balaban J connectivity index is 1.41. The van der Waals surface area contributed by atoms with Crippen LogP contribution in [0.2, 0.25) is 0 Å². The topological polar surface area (TPSA) is 53.5 Å². The van der Waals surface area contributed by atoms with Crippen LogP contribution >= 0.6 is 11.3 Å². The molecule has 5 nitrogen and oxygen atoms in total. The first-order valence-electron chi connectivity index (χ1n) is 10.3. The van der Waals surface area contributed by atoms with Crippen molar-refractivity contribution in [3.05, 3.63) is 47.0 Å². The van der Waals surface area contributed by atoms with Crippen LogP contribution in [0.25, 0.3) is 0 Å². The summed E-state index contributed by atoms with van der Waals surface area (Å²) < 4.78 is 0. The van der Waals surface area contributed by atoms with Gasteiger partial charge in [0.2, 0.25) is 11.8 Å². The molecule has 0 bridgehead atoms. The lowest BCUT2D eigenvalue weighted by Crippen LogP contribution is -2.41. The largest absolute Gasteiger partial charge is 0.339 e. The van der Waals surface area contributed by atoms with E-state index in [1.54, 1.807) is 4.90 Å². The van der Waals surface area contributed by atoms with Gasteiger partial charge in [-0.15, -0.1) is 11.3 Å². The third-order valence-corrected chi connectivity index (χ3v) is 6.66. The van der Waals surface area contributed by atoms with Crippen molar-refractivity contribution < 1.29 is 9.59 Å². The zero-order chi connectivity index (χ0) is 19.3. The molecule has 0 spiro atoms. The maximum Gasteiger partial charge on any atom is 0.228 e. The summed E-state index contributed by atoms with van der Waals surface area (Å²) in [5.41, 5.74) is 2.05. The number of hydrogen-bond donors (Lipinski definition) is 0. The lowest BCUT2D eigenvalue weighted by atomic mass is 10.1. The van der Waals surface area contributed by atoms with Gasteiger partial charge in [0.05, 0.1) is 12.1 Å². The first-order chi connectivity index (χ1) is 13.7. The predicted molar refractivity (Wildman–Crippen MR) is 112 cm³/mol. The van der Waals surface area contributed by atoms with Crippen molar-refractivity contribution in [2.75, 3.05) is 18.0 Å². The molecule has 1 saturated heterocycles. The van der Waals surface area contributed by atoms with Crippen LogP contribution in [0.15, 0.2) is 35.7 Å². The number of carbonyl (C=O) groups is 2. The highest BCUT2D eigenvalue weighted by molar-refractivity contribution is 7.14. The van der Waals surface area contributed by atoms with Gasteiger partial charge in [-0.25, -0.2) is 4.98 Å². The second kappa shape index (κ2) is 8.86. The number of nitrogens with zero attached hydrogens (tertiary/aromatic N) is 3. The molecule has 28 heavy (non-hydrogen) atoms. The van der Waals surface area contributed by atoms with Crippen molar-refractivity contribution in [3.8, 4) is 0 Å². The quantitative estimate of drug-likeness (QED) is 0.714. The van der Waals surface area contributed by atoms with Gasteiger partial charge in [0.1, 0.15) is 0 Å². The number of carbonyl (C=O) groups excluding carboxylic acids is 2. The highest BCUT2D eigenvalue weighted by atomic mass is 32.1. The monoisotopic (exact) mass is 397 g/mol. The molecule has 0 unspecified atom stereocenters. The first kappa shape index (κ1) is 19.1. The molecule has 0 radical (unpaired) electrons. The van der Waals surface area contributed by atoms with Crippen molar-refractivity contribution in [1.29, 1.82) is 0 Å². The van der Waals surface area contributed by atoms with E-state index < -0.39 is 0 Å². The molecule has 1 aliphatic carbocycles. The van der Waals surface area contributed by atoms with Crippen molar-refractivity contribution in [3.63, 3.8) is 0 Å². The minimum Gasteiger partial charge on any atom is -0.339 e. The van der Waals surface area contributed by atoms with Crippen LogP contribution in [0.4, 0.5) is 5.13 Å². The Morgan fingerprint density at radius 3 is 2.68 bits per heavy atom. The smallest absolute Gasteiger partial charge is 0.228 e. The summed E-state index contributed by atoms with van der Waals surface area (Å²) in [7, 11) is 0. The van der Waals surface area contributed by atoms with E-state index in [2.05, 4.69) is 22.0 Å². The second-order valence-corrected chi connectivity index (χ2v) is 8.54. The summed E-state index contributed by atoms with van der Waals surface area (Å²) in [4.78, 5) is 33.5. The summed E-state index contributed by atoms with van der Waals surface area (Å²) in [6.07, 6.45) is 7.31. The third-order valence-electron chi connectivity index (χ3n) is 5.75. The molecule has 6 heteroatoms. The van der Waals surface area contributed by atoms with Crippen molar-refractivity contribution in [2.24, 2.45) is 0 Å². The number of hydrogen-bond acceptors (Lipinski definition) is 4. The van der Waals surface area contributed by atoms with Gasteiger partial charge >= 0.3 is 0 Å². The van der Waals surface area contributed by atoms with Crippen LogP contribution in [-0.4, -0.2) is 40.8 Å². The fourth-order valence-electron chi connectivity index (χ4n) is 4.23. The second-order valence-electron chi connectivity index (χ2n) is 7.71. The molecule has 148 valence electrons. The van der Waals surface area contributed by atoms with Gasteiger partial charge in [0, 0.05) is 30.9 Å². The van der Waals surface area contributed by atoms with E-state index in [1.807, 2.05) is 23.6 Å². The van der Waals surface area contributed by atoms with Crippen molar-refractivity contribution >= 4 is 28.3 Å². The van der Waals surface area contributed by atoms with Crippen LogP contribution in [0, 0.1) is 0 Å². The van der Waals surface area contributed by atoms with Crippen LogP contribution in [0.5, 0.6) is 0 Å². The van der Waals surface area contributed by atoms with Crippen molar-refractivity contribution in [2.45, 2.75) is 57.4 Å². The highest BCUT2D eigenvalue weighted by Gasteiger charge is 2.28. The van der Waals surface area contributed by atoms with Crippen LogP contribution < -0.4 is 4.90 Å². The van der Waals surface area contributed by atoms with E-state index in [0.29, 0.717) is 18.9 Å². The van der Waals surface area contributed by atoms with Crippen LogP contribution in [-0.2, 0) is 22.4 Å². The Morgan fingerprint density at radius 2 is 1.96 bits per heavy atom. The number of anilines is 1. The molecule has 1 aliphatic heterocycles. The Bertz CT molecular complexity index is 814. The lowest BCUT2D eigenvalue weighted by Gasteiger charge is -2.29. The Hall–Kier alpha value is -2.21. The number of thiazole rings is 1. The average molecular weight is 398 g/mol. The normalized spacial score (nSPS) is 17.4. The molecule has 2 heterocycles. The molecule has 0 atom stereocenters. The molecular formula is C22H27N3O2S. The highest BCUT2D eigenvalue weighted by Crippen LogP contribution is 2.27. The predicted octanol–water partition coefficient (Wildman–Crippen LogP) is 3.83. The Kier molecular flexibility index (Phi) is 6.05. The molecular weight excluding hydrogens is 370 g/mol. The molecule has 1 aromatic carbocycles. The van der Waals surface area contributed by atoms with Gasteiger partial charge < -0.3 is 4.90 Å². The van der Waals surface area contributed by atoms with Gasteiger partial charge in [-0.2, -0.15) is 0 Å². The zero-order valence-electron chi connectivity index (χ0n) is 16.2. The van der Waals surface area contributed by atoms with Gasteiger partial charge in [-0.05, 0) is 31.2 Å². The maximum absolute atomic E-state index is 13.1. The van der Waals surface area contributed by atoms with Crippen molar-refractivity contribution in [1.82, 2.24) is 9.88 Å². The van der Waals surface area contributed by atoms with E-state index in [4.69, 9.17) is 0 Å². The average Bonchev–Trinajstić information content (AvgIpc) is 3.45. The standard InChI is InChI=1S/C22H27N3O2S/c26-20-11-6-13-25(20)22-23-18(16-28-22)15-21(27)24(19-9-4-5-10-19)14-12-17-7-2-1-3-8-17/h1-3,7-8,16,19H,4-6,9-15H2. The van der Waals surface area contributed by atoms with E-state index >= 15 is 0 Å². The number of benzene rings is 1. The lowest BCUT2D eigenvalue weighted by molar-refractivity contribution is -0.132. The third kappa shape index (κ3) is 4.43. The minimum absolute atomic E-state index is 0.141. The molecule has 4 rings (SSSR count). The molecule has 2 fully saturated rings. The molecule has 2 aliphatic rings. The van der Waals surface area contributed by atoms with Gasteiger partial charge in [0.25, 0.3) is 0 Å². The van der Waals surface area contributed by atoms with Gasteiger partial charge in [-0.1, -0.05) is 43.2 Å². The minimum atomic E-state index is 0.141. The number of rotatable bonds is 7. The summed E-state index contributed by atoms with van der Waals surface area (Å²) in [5, 5.41) is 2.67. The summed E-state index contributed by atoms with van der Waals surface area (Å²) in [6, 6.07) is 10.7. The fourth-order valence-corrected chi connectivity index (χ4v) is 5.10. The zero-order valence-corrected chi connectivity index (χ0v) is 17.0. The Morgan fingerprint density at radius 1 is 1.18 bits per heavy atom. The number of aromatic nitrogens is 1. The van der Waals surface area contributed by atoms with Gasteiger partial charge in [0.15, 0.2) is 5.13 Å². The van der Waals surface area contributed by atoms with E-state index in [0.717, 1.165) is 49.6 Å². The summed E-state index contributed by atoms with van der Waals surface area (Å²) in [6.45, 7) is 1.50. The van der Waals surface area contributed by atoms with E-state index in [1.165, 1.54) is 29.7 Å². The fraction of sp³-hybridized carbons (Fsp3) is 0.500. The molecule has 1 aromatic heterocycles. The Labute approximate surface area is 170 Å². The molecule has 1 saturated carbocycles. The molecule has 2 aromatic rings. The number of amides is 2. The van der Waals surface area contributed by atoms with E-state index in [-0.39, 0.29) is 11.8 Å². The van der Waals surface area contributed by atoms with Gasteiger partial charge in [-0.3, -0.25) is 14.5 Å². The molecule has 2 amide bonds.